The summed E-state index contributed by atoms with van der Waals surface area (Å²) in [7, 11) is 0. The quantitative estimate of drug-likeness (QED) is 0.878. The number of nitrogens with zero attached hydrogens (tertiary/aromatic N) is 2. The molecule has 1 aromatic heterocycles. The monoisotopic (exact) mass is 306 g/mol. The number of carbonyl (C=O) groups is 1. The van der Waals surface area contributed by atoms with Crippen molar-refractivity contribution in [3.8, 4) is 0 Å². The smallest absolute Gasteiger partial charge is 0.240 e. The number of nitrogens with one attached hydrogen (secondary N) is 1. The third-order valence-electron chi connectivity index (χ3n) is 3.57. The van der Waals surface area contributed by atoms with Crippen LogP contribution in [0, 0.1) is 0 Å². The summed E-state index contributed by atoms with van der Waals surface area (Å²) in [5.74, 6) is -0.0618. The van der Waals surface area contributed by atoms with Crippen LogP contribution in [0.5, 0.6) is 0 Å². The van der Waals surface area contributed by atoms with Gasteiger partial charge >= 0.3 is 0 Å². The fraction of sp³-hybridized carbons (Fsp3) is 0.333. The zero-order valence-corrected chi connectivity index (χ0v) is 12.5. The van der Waals surface area contributed by atoms with Crippen LogP contribution >= 0.6 is 12.4 Å². The van der Waals surface area contributed by atoms with Gasteiger partial charge in [0, 0.05) is 18.3 Å². The van der Waals surface area contributed by atoms with Gasteiger partial charge in [0.25, 0.3) is 0 Å². The topological polar surface area (TPSA) is 72.9 Å². The van der Waals surface area contributed by atoms with Crippen LogP contribution in [0.1, 0.15) is 24.0 Å². The first kappa shape index (κ1) is 15.5. The molecule has 1 aliphatic rings. The van der Waals surface area contributed by atoms with Crippen molar-refractivity contribution in [2.45, 2.75) is 31.5 Å². The van der Waals surface area contributed by atoms with Crippen LogP contribution in [0.4, 0.5) is 0 Å². The van der Waals surface area contributed by atoms with Crippen LogP contribution in [-0.4, -0.2) is 21.2 Å². The van der Waals surface area contributed by atoms with Gasteiger partial charge in [-0.3, -0.25) is 9.48 Å². The zero-order valence-electron chi connectivity index (χ0n) is 11.7. The second-order valence-electron chi connectivity index (χ2n) is 5.37. The molecule has 21 heavy (non-hydrogen) atoms. The lowest BCUT2D eigenvalue weighted by Crippen LogP contribution is -2.42. The van der Waals surface area contributed by atoms with Crippen molar-refractivity contribution < 1.29 is 4.79 Å². The lowest BCUT2D eigenvalue weighted by atomic mass is 10.2. The molecule has 0 atom stereocenters. The van der Waals surface area contributed by atoms with E-state index in [1.165, 1.54) is 5.56 Å². The first-order valence-electron chi connectivity index (χ1n) is 6.78. The number of benzene rings is 1. The Morgan fingerprint density at radius 2 is 2.00 bits per heavy atom. The van der Waals surface area contributed by atoms with E-state index in [0.717, 1.165) is 24.9 Å². The van der Waals surface area contributed by atoms with Crippen molar-refractivity contribution in [2.24, 2.45) is 5.73 Å². The van der Waals surface area contributed by atoms with Crippen LogP contribution in [0.2, 0.25) is 0 Å². The molecule has 1 aliphatic carbocycles. The molecule has 1 amide bonds. The van der Waals surface area contributed by atoms with Crippen molar-refractivity contribution in [1.29, 1.82) is 0 Å². The standard InChI is InChI=1S/C15H18N4O.ClH/c16-15(6-7-15)14(20)17-8-13-9-18-19(11-13)10-12-4-2-1-3-5-12;/h1-5,9,11H,6-8,10,16H2,(H,17,20);1H. The third kappa shape index (κ3) is 3.83. The van der Waals surface area contributed by atoms with Gasteiger partial charge in [-0.1, -0.05) is 30.3 Å². The summed E-state index contributed by atoms with van der Waals surface area (Å²) in [5.41, 5.74) is 7.40. The molecule has 0 saturated heterocycles. The predicted octanol–water partition coefficient (Wildman–Crippen LogP) is 1.46. The molecule has 2 aromatic rings. The van der Waals surface area contributed by atoms with E-state index in [2.05, 4.69) is 22.5 Å². The number of hydrogen-bond acceptors (Lipinski definition) is 3. The highest BCUT2D eigenvalue weighted by molar-refractivity contribution is 5.88. The van der Waals surface area contributed by atoms with Crippen LogP contribution in [0.3, 0.4) is 0 Å². The van der Waals surface area contributed by atoms with E-state index in [-0.39, 0.29) is 18.3 Å². The molecule has 1 saturated carbocycles. The van der Waals surface area contributed by atoms with Gasteiger partial charge in [0.2, 0.25) is 5.91 Å². The first-order chi connectivity index (χ1) is 9.66. The molecule has 1 aromatic carbocycles. The molecule has 5 nitrogen and oxygen atoms in total. The summed E-state index contributed by atoms with van der Waals surface area (Å²) in [6.45, 7) is 1.21. The highest BCUT2D eigenvalue weighted by Gasteiger charge is 2.45. The van der Waals surface area contributed by atoms with Gasteiger partial charge in [-0.15, -0.1) is 12.4 Å². The Labute approximate surface area is 129 Å². The molecule has 112 valence electrons. The number of halogens is 1. The molecular formula is C15H19ClN4O. The van der Waals surface area contributed by atoms with Gasteiger partial charge < -0.3 is 11.1 Å². The summed E-state index contributed by atoms with van der Waals surface area (Å²) < 4.78 is 1.87. The van der Waals surface area contributed by atoms with Crippen molar-refractivity contribution in [3.05, 3.63) is 53.9 Å². The van der Waals surface area contributed by atoms with E-state index in [1.807, 2.05) is 29.1 Å². The minimum atomic E-state index is -0.611. The van der Waals surface area contributed by atoms with Crippen molar-refractivity contribution >= 4 is 18.3 Å². The van der Waals surface area contributed by atoms with Gasteiger partial charge in [0.15, 0.2) is 0 Å². The molecule has 3 rings (SSSR count). The Hall–Kier alpha value is -1.85. The summed E-state index contributed by atoms with van der Waals surface area (Å²) in [6.07, 6.45) is 5.29. The molecular weight excluding hydrogens is 288 g/mol. The molecule has 0 spiro atoms. The highest BCUT2D eigenvalue weighted by atomic mass is 35.5. The second-order valence-corrected chi connectivity index (χ2v) is 5.37. The van der Waals surface area contributed by atoms with Crippen LogP contribution < -0.4 is 11.1 Å². The molecule has 0 radical (unpaired) electrons. The number of rotatable bonds is 5. The number of nitrogens with two attached hydrogens (primary N) is 1. The first-order valence-corrected chi connectivity index (χ1v) is 6.78. The minimum absolute atomic E-state index is 0. The second kappa shape index (κ2) is 6.28. The van der Waals surface area contributed by atoms with E-state index in [9.17, 15) is 4.79 Å². The fourth-order valence-electron chi connectivity index (χ4n) is 2.07. The summed E-state index contributed by atoms with van der Waals surface area (Å²) >= 11 is 0. The van der Waals surface area contributed by atoms with E-state index in [4.69, 9.17) is 5.73 Å². The van der Waals surface area contributed by atoms with Gasteiger partial charge in [-0.05, 0) is 18.4 Å². The molecule has 0 bridgehead atoms. The number of carbonyl (C=O) groups excluding carboxylic acids is 1. The summed E-state index contributed by atoms with van der Waals surface area (Å²) in [6, 6.07) is 10.1. The molecule has 6 heteroatoms. The van der Waals surface area contributed by atoms with Crippen LogP contribution in [0.15, 0.2) is 42.7 Å². The van der Waals surface area contributed by atoms with Gasteiger partial charge in [0.05, 0.1) is 18.3 Å². The minimum Gasteiger partial charge on any atom is -0.350 e. The Morgan fingerprint density at radius 1 is 1.29 bits per heavy atom. The molecule has 1 heterocycles. The third-order valence-corrected chi connectivity index (χ3v) is 3.57. The van der Waals surface area contributed by atoms with E-state index >= 15 is 0 Å². The molecule has 0 aliphatic heterocycles. The van der Waals surface area contributed by atoms with E-state index < -0.39 is 5.54 Å². The molecule has 3 N–H and O–H groups in total. The molecule has 0 unspecified atom stereocenters. The summed E-state index contributed by atoms with van der Waals surface area (Å²) in [5, 5.41) is 7.16. The Kier molecular flexibility index (Phi) is 4.65. The Balaban J connectivity index is 0.00000161. The number of amides is 1. The fourth-order valence-corrected chi connectivity index (χ4v) is 2.07. The maximum absolute atomic E-state index is 11.7. The number of hydrogen-bond donors (Lipinski definition) is 2. The Morgan fingerprint density at radius 3 is 2.67 bits per heavy atom. The van der Waals surface area contributed by atoms with Crippen molar-refractivity contribution in [3.63, 3.8) is 0 Å². The highest BCUT2D eigenvalue weighted by Crippen LogP contribution is 2.32. The van der Waals surface area contributed by atoms with Crippen molar-refractivity contribution in [2.75, 3.05) is 0 Å². The van der Waals surface area contributed by atoms with Gasteiger partial charge in [0.1, 0.15) is 0 Å². The van der Waals surface area contributed by atoms with Gasteiger partial charge in [-0.25, -0.2) is 0 Å². The Bertz CT molecular complexity index is 607. The average molecular weight is 307 g/mol. The van der Waals surface area contributed by atoms with Crippen LogP contribution in [-0.2, 0) is 17.9 Å². The zero-order chi connectivity index (χ0) is 14.0. The van der Waals surface area contributed by atoms with E-state index in [0.29, 0.717) is 6.54 Å². The summed E-state index contributed by atoms with van der Waals surface area (Å²) in [4.78, 5) is 11.7. The van der Waals surface area contributed by atoms with Gasteiger partial charge in [-0.2, -0.15) is 5.10 Å². The SMILES string of the molecule is Cl.NC1(C(=O)NCc2cnn(Cc3ccccc3)c2)CC1. The molecule has 1 fully saturated rings. The normalized spacial score (nSPS) is 15.1. The average Bonchev–Trinajstić information content (AvgIpc) is 3.06. The largest absolute Gasteiger partial charge is 0.350 e. The lowest BCUT2D eigenvalue weighted by molar-refractivity contribution is -0.123. The predicted molar refractivity (Wildman–Crippen MR) is 83.0 cm³/mol. The maximum Gasteiger partial charge on any atom is 0.240 e. The van der Waals surface area contributed by atoms with Crippen LogP contribution in [0.25, 0.3) is 0 Å². The lowest BCUT2D eigenvalue weighted by Gasteiger charge is -2.08. The number of aromatic nitrogens is 2. The van der Waals surface area contributed by atoms with E-state index in [1.54, 1.807) is 6.20 Å². The maximum atomic E-state index is 11.7. The van der Waals surface area contributed by atoms with Crippen molar-refractivity contribution in [1.82, 2.24) is 15.1 Å².